The van der Waals surface area contributed by atoms with Crippen LogP contribution in [0.15, 0.2) is 53.3 Å². The number of alkyl halides is 6. The molecule has 0 aliphatic heterocycles. The molecular formula is C18H16F6O2. The summed E-state index contributed by atoms with van der Waals surface area (Å²) in [6.07, 6.45) is -5.56. The van der Waals surface area contributed by atoms with Crippen molar-refractivity contribution in [3.63, 3.8) is 0 Å². The lowest BCUT2D eigenvalue weighted by molar-refractivity contribution is -0.306. The molecule has 0 radical (unpaired) electrons. The van der Waals surface area contributed by atoms with Crippen molar-refractivity contribution in [3.8, 4) is 5.75 Å². The minimum Gasteiger partial charge on any atom is -0.410 e. The third-order valence-electron chi connectivity index (χ3n) is 3.58. The van der Waals surface area contributed by atoms with Crippen LogP contribution in [-0.4, -0.2) is 12.7 Å². The van der Waals surface area contributed by atoms with Gasteiger partial charge in [0.25, 0.3) is 0 Å². The Morgan fingerprint density at radius 1 is 0.923 bits per heavy atom. The molecule has 0 fully saturated rings. The monoisotopic (exact) mass is 378 g/mol. The van der Waals surface area contributed by atoms with E-state index in [0.29, 0.717) is 5.56 Å². The summed E-state index contributed by atoms with van der Waals surface area (Å²) in [6, 6.07) is 4.15. The van der Waals surface area contributed by atoms with Crippen molar-refractivity contribution in [2.75, 3.05) is 0 Å². The summed E-state index contributed by atoms with van der Waals surface area (Å²) >= 11 is 0. The quantitative estimate of drug-likeness (QED) is 0.587. The predicted octanol–water partition coefficient (Wildman–Crippen LogP) is 6.13. The highest BCUT2D eigenvalue weighted by molar-refractivity contribution is 5.44. The highest BCUT2D eigenvalue weighted by Crippen LogP contribution is 2.33. The van der Waals surface area contributed by atoms with Crippen LogP contribution in [0.25, 0.3) is 0 Å². The number of hydrogen-bond donors (Lipinski definition) is 0. The van der Waals surface area contributed by atoms with Crippen LogP contribution in [0, 0.1) is 6.92 Å². The minimum atomic E-state index is -4.90. The second kappa shape index (κ2) is 7.47. The van der Waals surface area contributed by atoms with E-state index in [9.17, 15) is 26.3 Å². The van der Waals surface area contributed by atoms with Gasteiger partial charge >= 0.3 is 12.7 Å². The number of rotatable bonds is 4. The second-order valence-electron chi connectivity index (χ2n) is 5.82. The highest BCUT2D eigenvalue weighted by Gasteiger charge is 2.34. The van der Waals surface area contributed by atoms with Crippen molar-refractivity contribution in [2.24, 2.45) is 0 Å². The lowest BCUT2D eigenvalue weighted by atomic mass is 10.0. The largest absolute Gasteiger partial charge is 0.573 e. The molecule has 2 rings (SSSR count). The van der Waals surface area contributed by atoms with Gasteiger partial charge in [0.05, 0.1) is 0 Å². The van der Waals surface area contributed by atoms with Gasteiger partial charge in [-0.3, -0.25) is 0 Å². The normalized spacial score (nSPS) is 15.6. The van der Waals surface area contributed by atoms with Gasteiger partial charge in [0.2, 0.25) is 0 Å². The molecular weight excluding hydrogens is 362 g/mol. The number of aryl methyl sites for hydroxylation is 1. The fourth-order valence-corrected chi connectivity index (χ4v) is 2.41. The number of ether oxygens (including phenoxy) is 2. The topological polar surface area (TPSA) is 18.5 Å². The van der Waals surface area contributed by atoms with E-state index in [1.165, 1.54) is 18.2 Å². The van der Waals surface area contributed by atoms with Gasteiger partial charge in [0.15, 0.2) is 0 Å². The zero-order valence-electron chi connectivity index (χ0n) is 14.0. The Kier molecular flexibility index (Phi) is 5.73. The van der Waals surface area contributed by atoms with E-state index in [4.69, 9.17) is 0 Å². The van der Waals surface area contributed by atoms with Crippen LogP contribution in [0.2, 0.25) is 0 Å². The molecule has 1 aromatic carbocycles. The lowest BCUT2D eigenvalue weighted by Crippen LogP contribution is -2.18. The molecule has 2 nitrogen and oxygen atoms in total. The van der Waals surface area contributed by atoms with Gasteiger partial charge in [-0.2, -0.15) is 0 Å². The van der Waals surface area contributed by atoms with Gasteiger partial charge in [0.1, 0.15) is 11.5 Å². The van der Waals surface area contributed by atoms with E-state index in [1.807, 2.05) is 0 Å². The molecule has 1 aliphatic carbocycles. The van der Waals surface area contributed by atoms with Crippen LogP contribution in [0.3, 0.4) is 0 Å². The van der Waals surface area contributed by atoms with Crippen LogP contribution >= 0.6 is 0 Å². The van der Waals surface area contributed by atoms with E-state index in [-0.39, 0.29) is 29.7 Å². The third kappa shape index (κ3) is 6.16. The average molecular weight is 378 g/mol. The molecule has 0 atom stereocenters. The summed E-state index contributed by atoms with van der Waals surface area (Å²) in [6.45, 7) is 3.29. The van der Waals surface area contributed by atoms with E-state index in [2.05, 4.69) is 9.47 Å². The fraction of sp³-hybridized carbons (Fsp3) is 0.333. The van der Waals surface area contributed by atoms with Gasteiger partial charge in [-0.05, 0) is 36.6 Å². The van der Waals surface area contributed by atoms with Gasteiger partial charge in [0, 0.05) is 12.8 Å². The van der Waals surface area contributed by atoms with E-state index in [0.717, 1.165) is 5.57 Å². The molecule has 8 heteroatoms. The third-order valence-corrected chi connectivity index (χ3v) is 3.58. The van der Waals surface area contributed by atoms with Crippen molar-refractivity contribution in [2.45, 2.75) is 39.4 Å². The van der Waals surface area contributed by atoms with Crippen LogP contribution < -0.4 is 4.74 Å². The second-order valence-corrected chi connectivity index (χ2v) is 5.82. The van der Waals surface area contributed by atoms with Gasteiger partial charge < -0.3 is 9.47 Å². The summed E-state index contributed by atoms with van der Waals surface area (Å²) in [5, 5.41) is 0. The van der Waals surface area contributed by atoms with Crippen molar-refractivity contribution in [1.82, 2.24) is 0 Å². The minimum absolute atomic E-state index is 0.107. The summed E-state index contributed by atoms with van der Waals surface area (Å²) in [4.78, 5) is 0. The van der Waals surface area contributed by atoms with Crippen molar-refractivity contribution in [3.05, 3.63) is 64.5 Å². The number of halogens is 6. The first-order valence-corrected chi connectivity index (χ1v) is 7.61. The van der Waals surface area contributed by atoms with Crippen LogP contribution in [-0.2, 0) is 11.2 Å². The molecule has 0 bridgehead atoms. The zero-order chi connectivity index (χ0) is 19.5. The molecule has 0 heterocycles. The molecule has 0 amide bonds. The Labute approximate surface area is 146 Å². The highest BCUT2D eigenvalue weighted by atomic mass is 19.4. The first-order chi connectivity index (χ1) is 11.9. The number of allylic oxidation sites excluding steroid dienone is 5. The SMILES string of the molecule is CC1=CCC(OC(F)(F)F)=C(Cc2ccc(C)cc2OC(F)(F)F)C=C1. The van der Waals surface area contributed by atoms with Crippen LogP contribution in [0.5, 0.6) is 5.75 Å². The summed E-state index contributed by atoms with van der Waals surface area (Å²) < 4.78 is 83.9. The molecule has 0 spiro atoms. The van der Waals surface area contributed by atoms with E-state index >= 15 is 0 Å². The Morgan fingerprint density at radius 3 is 2.19 bits per heavy atom. The molecule has 0 aromatic heterocycles. The van der Waals surface area contributed by atoms with Crippen molar-refractivity contribution >= 4 is 0 Å². The summed E-state index contributed by atoms with van der Waals surface area (Å²) in [5.41, 5.74) is 1.49. The van der Waals surface area contributed by atoms with Crippen LogP contribution in [0.4, 0.5) is 26.3 Å². The first kappa shape index (κ1) is 19.9. The van der Waals surface area contributed by atoms with Gasteiger partial charge in [-0.25, -0.2) is 0 Å². The van der Waals surface area contributed by atoms with Crippen molar-refractivity contribution < 1.29 is 35.8 Å². The Bertz CT molecular complexity index is 754. The van der Waals surface area contributed by atoms with E-state index in [1.54, 1.807) is 32.1 Å². The van der Waals surface area contributed by atoms with Crippen LogP contribution in [0.1, 0.15) is 24.5 Å². The predicted molar refractivity (Wildman–Crippen MR) is 83.2 cm³/mol. The van der Waals surface area contributed by atoms with Crippen molar-refractivity contribution in [1.29, 1.82) is 0 Å². The number of benzene rings is 1. The molecule has 26 heavy (non-hydrogen) atoms. The van der Waals surface area contributed by atoms with Gasteiger partial charge in [-0.15, -0.1) is 26.3 Å². The molecule has 1 aromatic rings. The molecule has 0 unspecified atom stereocenters. The molecule has 142 valence electrons. The lowest BCUT2D eigenvalue weighted by Gasteiger charge is -2.17. The average Bonchev–Trinajstić information content (AvgIpc) is 2.62. The summed E-state index contributed by atoms with van der Waals surface area (Å²) in [7, 11) is 0. The maximum absolute atomic E-state index is 12.7. The maximum atomic E-state index is 12.7. The number of hydrogen-bond acceptors (Lipinski definition) is 2. The van der Waals surface area contributed by atoms with Gasteiger partial charge in [-0.1, -0.05) is 35.9 Å². The summed E-state index contributed by atoms with van der Waals surface area (Å²) in [5.74, 6) is -0.803. The fourth-order valence-electron chi connectivity index (χ4n) is 2.41. The Morgan fingerprint density at radius 2 is 1.58 bits per heavy atom. The molecule has 1 aliphatic rings. The smallest absolute Gasteiger partial charge is 0.410 e. The molecule has 0 saturated carbocycles. The van der Waals surface area contributed by atoms with E-state index < -0.39 is 18.5 Å². The molecule has 0 saturated heterocycles. The maximum Gasteiger partial charge on any atom is 0.573 e. The molecule has 0 N–H and O–H groups in total. The standard InChI is InChI=1S/C18H16F6O2/c1-11-3-6-13(15(8-5-11)25-17(19,20)21)10-14-7-4-12(2)9-16(14)26-18(22,23)24/h3-7,9H,8,10H2,1-2H3. The first-order valence-electron chi connectivity index (χ1n) is 7.61. The Hall–Kier alpha value is -2.38. The Balaban J connectivity index is 2.41. The zero-order valence-corrected chi connectivity index (χ0v) is 14.0.